The van der Waals surface area contributed by atoms with E-state index in [9.17, 15) is 9.59 Å². The van der Waals surface area contributed by atoms with Crippen molar-refractivity contribution in [1.82, 2.24) is 10.6 Å². The molecule has 5 heteroatoms. The van der Waals surface area contributed by atoms with Crippen molar-refractivity contribution in [1.29, 1.82) is 0 Å². The van der Waals surface area contributed by atoms with Crippen molar-refractivity contribution in [3.05, 3.63) is 36.1 Å². The normalized spacial score (nSPS) is 31.3. The van der Waals surface area contributed by atoms with Crippen LogP contribution in [-0.4, -0.2) is 23.9 Å². The van der Waals surface area contributed by atoms with Gasteiger partial charge >= 0.3 is 0 Å². The Kier molecular flexibility index (Phi) is 4.47. The summed E-state index contributed by atoms with van der Waals surface area (Å²) in [7, 11) is 0. The molecule has 1 saturated carbocycles. The van der Waals surface area contributed by atoms with Crippen LogP contribution in [0.1, 0.15) is 50.1 Å². The van der Waals surface area contributed by atoms with Gasteiger partial charge in [0, 0.05) is 23.4 Å². The van der Waals surface area contributed by atoms with Gasteiger partial charge in [0.25, 0.3) is 5.91 Å². The van der Waals surface area contributed by atoms with Crippen LogP contribution in [0.3, 0.4) is 0 Å². The lowest BCUT2D eigenvalue weighted by Crippen LogP contribution is -2.58. The lowest BCUT2D eigenvalue weighted by Gasteiger charge is -2.46. The van der Waals surface area contributed by atoms with Gasteiger partial charge < -0.3 is 15.1 Å². The number of piperidine rings is 1. The van der Waals surface area contributed by atoms with Crippen molar-refractivity contribution in [3.63, 3.8) is 0 Å². The summed E-state index contributed by atoms with van der Waals surface area (Å²) in [4.78, 5) is 24.9. The van der Waals surface area contributed by atoms with Crippen LogP contribution in [0.4, 0.5) is 0 Å². The van der Waals surface area contributed by atoms with Crippen molar-refractivity contribution >= 4 is 22.8 Å². The Hall–Kier alpha value is -2.30. The molecular weight excluding hydrogens is 328 g/mol. The summed E-state index contributed by atoms with van der Waals surface area (Å²) in [6.45, 7) is 4.29. The highest BCUT2D eigenvalue weighted by atomic mass is 16.3. The number of rotatable bonds is 3. The summed E-state index contributed by atoms with van der Waals surface area (Å²) in [6.07, 6.45) is 3.67. The summed E-state index contributed by atoms with van der Waals surface area (Å²) in [6, 6.07) is 9.64. The van der Waals surface area contributed by atoms with Crippen molar-refractivity contribution < 1.29 is 14.0 Å². The average molecular weight is 354 g/mol. The third-order valence-electron chi connectivity index (χ3n) is 6.30. The number of carbonyl (C=O) groups is 2. The fraction of sp³-hybridized carbons (Fsp3) is 0.524. The highest BCUT2D eigenvalue weighted by molar-refractivity contribution is 5.96. The van der Waals surface area contributed by atoms with Gasteiger partial charge in [0.2, 0.25) is 5.91 Å². The van der Waals surface area contributed by atoms with Crippen LogP contribution in [0.25, 0.3) is 11.0 Å². The lowest BCUT2D eigenvalue weighted by molar-refractivity contribution is -0.133. The molecule has 2 N–H and O–H groups in total. The molecule has 2 aliphatic rings. The smallest absolute Gasteiger partial charge is 0.287 e. The highest BCUT2D eigenvalue weighted by Gasteiger charge is 2.43. The zero-order valence-electron chi connectivity index (χ0n) is 15.3. The zero-order valence-corrected chi connectivity index (χ0v) is 15.3. The first-order chi connectivity index (χ1) is 12.6. The Morgan fingerprint density at radius 3 is 2.88 bits per heavy atom. The first kappa shape index (κ1) is 17.1. The van der Waals surface area contributed by atoms with E-state index < -0.39 is 0 Å². The number of hydrogen-bond acceptors (Lipinski definition) is 3. The summed E-state index contributed by atoms with van der Waals surface area (Å²) in [5, 5.41) is 7.23. The molecule has 5 unspecified atom stereocenters. The van der Waals surface area contributed by atoms with Gasteiger partial charge in [0.1, 0.15) is 5.58 Å². The standard InChI is InChI=1S/C21H26N2O3/c1-3-15-12(2)16-9-8-14(11-17(16)23-20(15)24)22-21(25)19-10-13-6-4-5-7-18(13)26-19/h4-7,10,12,14-17H,3,8-9,11H2,1-2H3,(H,22,25)(H,23,24). The van der Waals surface area contributed by atoms with E-state index in [1.807, 2.05) is 24.3 Å². The molecule has 1 aliphatic carbocycles. The van der Waals surface area contributed by atoms with Crippen LogP contribution in [0.15, 0.2) is 34.7 Å². The van der Waals surface area contributed by atoms with E-state index in [1.54, 1.807) is 6.07 Å². The fourth-order valence-electron chi connectivity index (χ4n) is 4.85. The molecule has 2 amide bonds. The maximum Gasteiger partial charge on any atom is 0.287 e. The van der Waals surface area contributed by atoms with Crippen LogP contribution in [-0.2, 0) is 4.79 Å². The second kappa shape index (κ2) is 6.78. The summed E-state index contributed by atoms with van der Waals surface area (Å²) >= 11 is 0. The quantitative estimate of drug-likeness (QED) is 0.886. The first-order valence-corrected chi connectivity index (χ1v) is 9.66. The van der Waals surface area contributed by atoms with Gasteiger partial charge in [-0.15, -0.1) is 0 Å². The minimum Gasteiger partial charge on any atom is -0.451 e. The van der Waals surface area contributed by atoms with Crippen molar-refractivity contribution in [2.24, 2.45) is 17.8 Å². The fourth-order valence-corrected chi connectivity index (χ4v) is 4.85. The molecule has 1 aromatic carbocycles. The van der Waals surface area contributed by atoms with E-state index in [0.717, 1.165) is 36.7 Å². The molecule has 5 atom stereocenters. The number of hydrogen-bond donors (Lipinski definition) is 2. The lowest BCUT2D eigenvalue weighted by atomic mass is 9.67. The van der Waals surface area contributed by atoms with Crippen LogP contribution in [0.5, 0.6) is 0 Å². The largest absolute Gasteiger partial charge is 0.451 e. The van der Waals surface area contributed by atoms with Gasteiger partial charge in [0.15, 0.2) is 5.76 Å². The number of benzene rings is 1. The molecule has 2 fully saturated rings. The molecule has 0 bridgehead atoms. The third kappa shape index (κ3) is 3.00. The van der Waals surface area contributed by atoms with Crippen LogP contribution < -0.4 is 10.6 Å². The molecule has 0 radical (unpaired) electrons. The Labute approximate surface area is 153 Å². The average Bonchev–Trinajstić information content (AvgIpc) is 3.06. The summed E-state index contributed by atoms with van der Waals surface area (Å²) in [5.41, 5.74) is 0.723. The Balaban J connectivity index is 1.42. The SMILES string of the molecule is CCC1C(=O)NC2CC(NC(=O)c3cc4ccccc4o3)CCC2C1C. The van der Waals surface area contributed by atoms with E-state index in [4.69, 9.17) is 4.42 Å². The second-order valence-corrected chi connectivity index (χ2v) is 7.78. The molecule has 0 spiro atoms. The predicted octanol–water partition coefficient (Wildman–Crippen LogP) is 3.49. The van der Waals surface area contributed by atoms with Crippen molar-refractivity contribution in [3.8, 4) is 0 Å². The molecule has 1 aliphatic heterocycles. The predicted molar refractivity (Wildman–Crippen MR) is 99.7 cm³/mol. The zero-order chi connectivity index (χ0) is 18.3. The molecular formula is C21H26N2O3. The van der Waals surface area contributed by atoms with Crippen LogP contribution >= 0.6 is 0 Å². The van der Waals surface area contributed by atoms with Gasteiger partial charge in [-0.05, 0) is 49.7 Å². The number of fused-ring (bicyclic) bond motifs is 2. The molecule has 2 aromatic rings. The van der Waals surface area contributed by atoms with Gasteiger partial charge in [-0.25, -0.2) is 0 Å². The van der Waals surface area contributed by atoms with Gasteiger partial charge in [0.05, 0.1) is 0 Å². The number of nitrogens with one attached hydrogen (secondary N) is 2. The number of amides is 2. The first-order valence-electron chi connectivity index (χ1n) is 9.66. The van der Waals surface area contributed by atoms with E-state index in [1.165, 1.54) is 0 Å². The topological polar surface area (TPSA) is 71.3 Å². The maximum atomic E-state index is 12.6. The number of para-hydroxylation sites is 1. The molecule has 2 heterocycles. The van der Waals surface area contributed by atoms with E-state index in [0.29, 0.717) is 17.6 Å². The van der Waals surface area contributed by atoms with Crippen molar-refractivity contribution in [2.45, 2.75) is 51.6 Å². The van der Waals surface area contributed by atoms with Crippen LogP contribution in [0, 0.1) is 17.8 Å². The number of furan rings is 1. The van der Waals surface area contributed by atoms with Gasteiger partial charge in [-0.1, -0.05) is 32.0 Å². The van der Waals surface area contributed by atoms with E-state index >= 15 is 0 Å². The Morgan fingerprint density at radius 1 is 1.31 bits per heavy atom. The van der Waals surface area contributed by atoms with Crippen LogP contribution in [0.2, 0.25) is 0 Å². The van der Waals surface area contributed by atoms with Gasteiger partial charge in [-0.2, -0.15) is 0 Å². The molecule has 138 valence electrons. The minimum absolute atomic E-state index is 0.0719. The van der Waals surface area contributed by atoms with E-state index in [-0.39, 0.29) is 29.8 Å². The monoisotopic (exact) mass is 354 g/mol. The van der Waals surface area contributed by atoms with Gasteiger partial charge in [-0.3, -0.25) is 9.59 Å². The second-order valence-electron chi connectivity index (χ2n) is 7.78. The van der Waals surface area contributed by atoms with Crippen molar-refractivity contribution in [2.75, 3.05) is 0 Å². The molecule has 4 rings (SSSR count). The summed E-state index contributed by atoms with van der Waals surface area (Å²) in [5.74, 6) is 1.39. The summed E-state index contributed by atoms with van der Waals surface area (Å²) < 4.78 is 5.66. The van der Waals surface area contributed by atoms with E-state index in [2.05, 4.69) is 24.5 Å². The highest BCUT2D eigenvalue weighted by Crippen LogP contribution is 2.39. The third-order valence-corrected chi connectivity index (χ3v) is 6.30. The minimum atomic E-state index is -0.175. The molecule has 26 heavy (non-hydrogen) atoms. The molecule has 1 saturated heterocycles. The number of carbonyl (C=O) groups excluding carboxylic acids is 2. The Bertz CT molecular complexity index is 795. The molecule has 5 nitrogen and oxygen atoms in total. The molecule has 1 aromatic heterocycles. The maximum absolute atomic E-state index is 12.6. The Morgan fingerprint density at radius 2 is 2.12 bits per heavy atom.